The quantitative estimate of drug-likeness (QED) is 0.555. The largest absolute Gasteiger partial charge is 0.481 e. The van der Waals surface area contributed by atoms with Crippen molar-refractivity contribution in [3.8, 4) is 0 Å². The Morgan fingerprint density at radius 1 is 1.23 bits per heavy atom. The molecule has 1 aliphatic carbocycles. The van der Waals surface area contributed by atoms with Crippen molar-refractivity contribution in [1.29, 1.82) is 0 Å². The van der Waals surface area contributed by atoms with Crippen LogP contribution in [0.25, 0.3) is 11.6 Å². The maximum atomic E-state index is 12.4. The van der Waals surface area contributed by atoms with E-state index in [1.165, 1.54) is 5.56 Å². The number of hydrogen-bond acceptors (Lipinski definition) is 4. The third-order valence-corrected chi connectivity index (χ3v) is 6.27. The third-order valence-electron chi connectivity index (χ3n) is 5.98. The Morgan fingerprint density at radius 3 is 2.35 bits per heavy atom. The molecule has 3 N–H and O–H groups in total. The van der Waals surface area contributed by atoms with E-state index >= 15 is 0 Å². The minimum Gasteiger partial charge on any atom is -0.481 e. The predicted molar refractivity (Wildman–Crippen MR) is 122 cm³/mol. The summed E-state index contributed by atoms with van der Waals surface area (Å²) < 4.78 is 0. The van der Waals surface area contributed by atoms with E-state index in [0.717, 1.165) is 31.2 Å². The van der Waals surface area contributed by atoms with Crippen molar-refractivity contribution in [3.05, 3.63) is 62.3 Å². The zero-order valence-corrected chi connectivity index (χ0v) is 18.9. The van der Waals surface area contributed by atoms with Gasteiger partial charge in [-0.25, -0.2) is 4.98 Å². The van der Waals surface area contributed by atoms with Gasteiger partial charge in [-0.3, -0.25) is 9.59 Å². The molecule has 1 aliphatic rings. The van der Waals surface area contributed by atoms with Gasteiger partial charge in [-0.15, -0.1) is 0 Å². The number of halogens is 1. The fraction of sp³-hybridized carbons (Fsp3) is 0.458. The van der Waals surface area contributed by atoms with Gasteiger partial charge in [0, 0.05) is 6.42 Å². The lowest BCUT2D eigenvalue weighted by Crippen LogP contribution is -2.22. The number of nitrogens with zero attached hydrogens (tertiary/aromatic N) is 1. The molecular weight excluding hydrogens is 416 g/mol. The highest BCUT2D eigenvalue weighted by molar-refractivity contribution is 6.31. The Hall–Kier alpha value is -2.44. The summed E-state index contributed by atoms with van der Waals surface area (Å²) in [4.78, 5) is 30.0. The van der Waals surface area contributed by atoms with Crippen LogP contribution in [-0.4, -0.2) is 31.8 Å². The normalized spacial score (nSPS) is 20.0. The van der Waals surface area contributed by atoms with Gasteiger partial charge in [0.15, 0.2) is 0 Å². The summed E-state index contributed by atoms with van der Waals surface area (Å²) in [6.45, 7) is 4.99. The fourth-order valence-corrected chi connectivity index (χ4v) is 4.59. The average Bonchev–Trinajstić information content (AvgIpc) is 2.67. The van der Waals surface area contributed by atoms with E-state index in [4.69, 9.17) is 16.7 Å². The van der Waals surface area contributed by atoms with Crippen molar-refractivity contribution in [2.24, 2.45) is 5.92 Å². The third kappa shape index (κ3) is 5.83. The van der Waals surface area contributed by atoms with Crippen LogP contribution in [0, 0.1) is 12.8 Å². The number of carbonyl (C=O) groups is 1. The topological polar surface area (TPSA) is 103 Å². The van der Waals surface area contributed by atoms with Crippen molar-refractivity contribution >= 4 is 29.2 Å². The Labute approximate surface area is 187 Å². The first-order valence-corrected chi connectivity index (χ1v) is 11.0. The van der Waals surface area contributed by atoms with Gasteiger partial charge in [-0.2, -0.15) is 0 Å². The molecule has 2 aromatic rings. The van der Waals surface area contributed by atoms with Crippen molar-refractivity contribution < 1.29 is 15.0 Å². The number of rotatable bonds is 6. The van der Waals surface area contributed by atoms with E-state index in [9.17, 15) is 14.7 Å². The molecule has 0 radical (unpaired) electrons. The number of aromatic nitrogens is 2. The van der Waals surface area contributed by atoms with Crippen molar-refractivity contribution in [3.63, 3.8) is 0 Å². The summed E-state index contributed by atoms with van der Waals surface area (Å²) in [7, 11) is 0. The number of carboxylic acids is 1. The first kappa shape index (κ1) is 23.2. The predicted octanol–water partition coefficient (Wildman–Crippen LogP) is 4.79. The van der Waals surface area contributed by atoms with Gasteiger partial charge in [0.25, 0.3) is 5.56 Å². The summed E-state index contributed by atoms with van der Waals surface area (Å²) >= 11 is 6.19. The van der Waals surface area contributed by atoms with E-state index < -0.39 is 11.6 Å². The van der Waals surface area contributed by atoms with Gasteiger partial charge in [-0.1, -0.05) is 35.9 Å². The van der Waals surface area contributed by atoms with Gasteiger partial charge in [0.1, 0.15) is 11.0 Å². The van der Waals surface area contributed by atoms with Crippen LogP contribution in [0.3, 0.4) is 0 Å². The lowest BCUT2D eigenvalue weighted by Gasteiger charge is -2.28. The first-order chi connectivity index (χ1) is 14.5. The standard InChI is InChI=1S/C24H29ClN2O4/c1-14-26-22(25)19(23(30)27-14)13-20(24(2,3)31)18-10-8-17(9-11-18)16-6-4-15(5-7-16)12-21(28)29/h8-11,13,15-16,31H,4-7,12H2,1-3H3,(H,28,29)(H,26,27,30)/b20-13-. The van der Waals surface area contributed by atoms with Crippen molar-refractivity contribution in [1.82, 2.24) is 9.97 Å². The molecule has 0 spiro atoms. The summed E-state index contributed by atoms with van der Waals surface area (Å²) in [5.41, 5.74) is 1.24. The molecule has 0 saturated heterocycles. The van der Waals surface area contributed by atoms with Gasteiger partial charge in [0.2, 0.25) is 0 Å². The van der Waals surface area contributed by atoms with E-state index in [2.05, 4.69) is 22.1 Å². The van der Waals surface area contributed by atoms with E-state index in [1.807, 2.05) is 12.1 Å². The number of aromatic amines is 1. The zero-order chi connectivity index (χ0) is 22.8. The number of H-pyrrole nitrogens is 1. The number of aliphatic hydroxyl groups is 1. The Morgan fingerprint density at radius 2 is 1.84 bits per heavy atom. The molecule has 0 atom stereocenters. The molecule has 1 saturated carbocycles. The molecular formula is C24H29ClN2O4. The van der Waals surface area contributed by atoms with E-state index in [0.29, 0.717) is 17.3 Å². The molecule has 1 fully saturated rings. The second-order valence-corrected chi connectivity index (χ2v) is 9.27. The number of nitrogens with one attached hydrogen (secondary N) is 1. The summed E-state index contributed by atoms with van der Waals surface area (Å²) in [5, 5.41) is 19.8. The number of benzene rings is 1. The highest BCUT2D eigenvalue weighted by Crippen LogP contribution is 2.38. The summed E-state index contributed by atoms with van der Waals surface area (Å²) in [5.74, 6) is 0.386. The zero-order valence-electron chi connectivity index (χ0n) is 18.1. The average molecular weight is 445 g/mol. The van der Waals surface area contributed by atoms with Crippen LogP contribution >= 0.6 is 11.6 Å². The van der Waals surface area contributed by atoms with Gasteiger partial charge >= 0.3 is 5.97 Å². The van der Waals surface area contributed by atoms with Crippen LogP contribution in [0.5, 0.6) is 0 Å². The first-order valence-electron chi connectivity index (χ1n) is 10.6. The molecule has 166 valence electrons. The van der Waals surface area contributed by atoms with Crippen LogP contribution in [0.1, 0.15) is 74.4 Å². The van der Waals surface area contributed by atoms with Crippen LogP contribution in [0.15, 0.2) is 29.1 Å². The maximum Gasteiger partial charge on any atom is 0.303 e. The Bertz CT molecular complexity index is 1030. The van der Waals surface area contributed by atoms with Crippen LogP contribution in [0.4, 0.5) is 0 Å². The Kier molecular flexibility index (Phi) is 7.02. The molecule has 31 heavy (non-hydrogen) atoms. The lowest BCUT2D eigenvalue weighted by atomic mass is 9.77. The molecule has 0 amide bonds. The molecule has 0 aliphatic heterocycles. The van der Waals surface area contributed by atoms with Crippen molar-refractivity contribution in [2.45, 2.75) is 64.4 Å². The SMILES string of the molecule is Cc1nc(Cl)c(/C=C(/c2ccc(C3CCC(CC(=O)O)CC3)cc2)C(C)(C)O)c(=O)[nH]1. The molecule has 3 rings (SSSR count). The monoisotopic (exact) mass is 444 g/mol. The highest BCUT2D eigenvalue weighted by Gasteiger charge is 2.25. The second kappa shape index (κ2) is 9.37. The molecule has 0 unspecified atom stereocenters. The second-order valence-electron chi connectivity index (χ2n) is 8.91. The molecule has 6 nitrogen and oxygen atoms in total. The number of carboxylic acid groups (broad SMARTS) is 1. The van der Waals surface area contributed by atoms with Gasteiger partial charge < -0.3 is 15.2 Å². The fourth-order valence-electron chi connectivity index (χ4n) is 4.33. The van der Waals surface area contributed by atoms with E-state index in [-0.39, 0.29) is 28.6 Å². The van der Waals surface area contributed by atoms with Crippen LogP contribution < -0.4 is 5.56 Å². The minimum absolute atomic E-state index is 0.0951. The number of aliphatic carboxylic acids is 1. The summed E-state index contributed by atoms with van der Waals surface area (Å²) in [6, 6.07) is 8.01. The lowest BCUT2D eigenvalue weighted by molar-refractivity contribution is -0.138. The van der Waals surface area contributed by atoms with Crippen LogP contribution in [0.2, 0.25) is 5.15 Å². The minimum atomic E-state index is -1.20. The Balaban J connectivity index is 1.85. The van der Waals surface area contributed by atoms with Gasteiger partial charge in [0.05, 0.1) is 11.2 Å². The number of hydrogen-bond donors (Lipinski definition) is 3. The molecule has 1 aromatic carbocycles. The molecule has 1 aromatic heterocycles. The molecule has 0 bridgehead atoms. The molecule has 1 heterocycles. The highest BCUT2D eigenvalue weighted by atomic mass is 35.5. The van der Waals surface area contributed by atoms with Crippen molar-refractivity contribution in [2.75, 3.05) is 0 Å². The van der Waals surface area contributed by atoms with Crippen LogP contribution in [-0.2, 0) is 4.79 Å². The summed E-state index contributed by atoms with van der Waals surface area (Å²) in [6.07, 6.45) is 5.65. The molecule has 7 heteroatoms. The number of aryl methyl sites for hydroxylation is 1. The van der Waals surface area contributed by atoms with Gasteiger partial charge in [-0.05, 0) is 81.1 Å². The smallest absolute Gasteiger partial charge is 0.303 e. The van der Waals surface area contributed by atoms with E-state index in [1.54, 1.807) is 26.8 Å². The maximum absolute atomic E-state index is 12.4.